The van der Waals surface area contributed by atoms with E-state index >= 15 is 0 Å². The van der Waals surface area contributed by atoms with Gasteiger partial charge >= 0.3 is 0 Å². The van der Waals surface area contributed by atoms with Crippen molar-refractivity contribution in [3.05, 3.63) is 11.8 Å². The molecule has 0 radical (unpaired) electrons. The standard InChI is InChI=1S/C14H23N3O2/c1-8-7-12(17-19-8)16-13(18)10-5-6-11(15)9(2)14(10,3)4/h7,9-11H,5-6,15H2,1-4H3,(H,16,17,18). The first kappa shape index (κ1) is 14.1. The summed E-state index contributed by atoms with van der Waals surface area (Å²) >= 11 is 0. The molecule has 3 N–H and O–H groups in total. The molecule has 1 amide bonds. The highest BCUT2D eigenvalue weighted by Crippen LogP contribution is 2.44. The molecule has 3 atom stereocenters. The van der Waals surface area contributed by atoms with Gasteiger partial charge in [0.25, 0.3) is 0 Å². The number of anilines is 1. The number of nitrogens with zero attached hydrogens (tertiary/aromatic N) is 1. The molecular formula is C14H23N3O2. The highest BCUT2D eigenvalue weighted by Gasteiger charge is 2.45. The third-order valence-electron chi connectivity index (χ3n) is 4.70. The maximum Gasteiger partial charge on any atom is 0.229 e. The molecule has 1 aromatic rings. The predicted octanol–water partition coefficient (Wildman–Crippen LogP) is 2.32. The summed E-state index contributed by atoms with van der Waals surface area (Å²) in [7, 11) is 0. The Morgan fingerprint density at radius 2 is 2.21 bits per heavy atom. The van der Waals surface area contributed by atoms with Crippen LogP contribution in [0.2, 0.25) is 0 Å². The van der Waals surface area contributed by atoms with Gasteiger partial charge in [0, 0.05) is 18.0 Å². The summed E-state index contributed by atoms with van der Waals surface area (Å²) in [5.41, 5.74) is 6.00. The number of nitrogens with two attached hydrogens (primary N) is 1. The van der Waals surface area contributed by atoms with Gasteiger partial charge in [-0.15, -0.1) is 0 Å². The van der Waals surface area contributed by atoms with E-state index in [4.69, 9.17) is 10.3 Å². The molecule has 1 aliphatic rings. The molecule has 0 saturated heterocycles. The number of rotatable bonds is 2. The van der Waals surface area contributed by atoms with E-state index in [1.165, 1.54) is 0 Å². The molecule has 1 aromatic heterocycles. The average molecular weight is 265 g/mol. The molecule has 1 aliphatic carbocycles. The number of aryl methyl sites for hydroxylation is 1. The van der Waals surface area contributed by atoms with Gasteiger partial charge in [-0.1, -0.05) is 25.9 Å². The third-order valence-corrected chi connectivity index (χ3v) is 4.70. The average Bonchev–Trinajstić information content (AvgIpc) is 2.71. The minimum absolute atomic E-state index is 0.0112. The van der Waals surface area contributed by atoms with E-state index in [-0.39, 0.29) is 23.3 Å². The third kappa shape index (κ3) is 2.66. The van der Waals surface area contributed by atoms with Crippen molar-refractivity contribution in [2.24, 2.45) is 23.0 Å². The van der Waals surface area contributed by atoms with Crippen molar-refractivity contribution >= 4 is 11.7 Å². The fourth-order valence-corrected chi connectivity index (χ4v) is 2.96. The highest BCUT2D eigenvalue weighted by molar-refractivity contribution is 5.92. The maximum atomic E-state index is 12.4. The summed E-state index contributed by atoms with van der Waals surface area (Å²) in [4.78, 5) is 12.4. The van der Waals surface area contributed by atoms with Crippen LogP contribution in [0.15, 0.2) is 10.6 Å². The van der Waals surface area contributed by atoms with Crippen LogP contribution in [-0.2, 0) is 4.79 Å². The Hall–Kier alpha value is -1.36. The molecule has 5 nitrogen and oxygen atoms in total. The number of carbonyl (C=O) groups is 1. The highest BCUT2D eigenvalue weighted by atomic mass is 16.5. The van der Waals surface area contributed by atoms with Crippen LogP contribution >= 0.6 is 0 Å². The van der Waals surface area contributed by atoms with Crippen LogP contribution in [0, 0.1) is 24.2 Å². The van der Waals surface area contributed by atoms with Gasteiger partial charge < -0.3 is 15.6 Å². The van der Waals surface area contributed by atoms with Gasteiger partial charge in [0.15, 0.2) is 5.82 Å². The van der Waals surface area contributed by atoms with Crippen LogP contribution in [0.1, 0.15) is 39.4 Å². The molecule has 2 rings (SSSR count). The van der Waals surface area contributed by atoms with Gasteiger partial charge in [0.2, 0.25) is 5.91 Å². The predicted molar refractivity (Wildman–Crippen MR) is 73.5 cm³/mol. The molecule has 1 saturated carbocycles. The van der Waals surface area contributed by atoms with Gasteiger partial charge in [0.05, 0.1) is 0 Å². The molecule has 1 heterocycles. The van der Waals surface area contributed by atoms with E-state index < -0.39 is 0 Å². The van der Waals surface area contributed by atoms with E-state index in [1.807, 2.05) is 0 Å². The molecule has 0 aromatic carbocycles. The lowest BCUT2D eigenvalue weighted by molar-refractivity contribution is -0.127. The first-order valence-corrected chi connectivity index (χ1v) is 6.82. The van der Waals surface area contributed by atoms with Gasteiger partial charge in [-0.3, -0.25) is 4.79 Å². The van der Waals surface area contributed by atoms with Crippen LogP contribution in [0.25, 0.3) is 0 Å². The zero-order valence-corrected chi connectivity index (χ0v) is 12.1. The number of nitrogens with one attached hydrogen (secondary N) is 1. The molecule has 5 heteroatoms. The first-order valence-electron chi connectivity index (χ1n) is 6.82. The number of hydrogen-bond donors (Lipinski definition) is 2. The van der Waals surface area contributed by atoms with E-state index in [2.05, 4.69) is 31.2 Å². The fraction of sp³-hybridized carbons (Fsp3) is 0.714. The quantitative estimate of drug-likeness (QED) is 0.859. The minimum atomic E-state index is -0.111. The Labute approximate surface area is 113 Å². The molecule has 19 heavy (non-hydrogen) atoms. The SMILES string of the molecule is Cc1cc(NC(=O)C2CCC(N)C(C)C2(C)C)no1. The molecule has 3 unspecified atom stereocenters. The molecule has 0 spiro atoms. The normalized spacial score (nSPS) is 30.1. The molecule has 1 fully saturated rings. The van der Waals surface area contributed by atoms with E-state index in [0.717, 1.165) is 12.8 Å². The Balaban J connectivity index is 2.10. The topological polar surface area (TPSA) is 81.2 Å². The largest absolute Gasteiger partial charge is 0.360 e. The second-order valence-electron chi connectivity index (χ2n) is 6.22. The summed E-state index contributed by atoms with van der Waals surface area (Å²) in [5, 5.41) is 6.64. The molecule has 106 valence electrons. The van der Waals surface area contributed by atoms with Crippen molar-refractivity contribution in [2.45, 2.75) is 46.6 Å². The van der Waals surface area contributed by atoms with E-state index in [9.17, 15) is 4.79 Å². The van der Waals surface area contributed by atoms with Gasteiger partial charge in [-0.05, 0) is 31.1 Å². The van der Waals surface area contributed by atoms with Crippen molar-refractivity contribution < 1.29 is 9.32 Å². The number of hydrogen-bond acceptors (Lipinski definition) is 4. The van der Waals surface area contributed by atoms with Crippen LogP contribution in [-0.4, -0.2) is 17.1 Å². The lowest BCUT2D eigenvalue weighted by Crippen LogP contribution is -2.50. The zero-order valence-electron chi connectivity index (χ0n) is 12.1. The van der Waals surface area contributed by atoms with Gasteiger partial charge in [-0.25, -0.2) is 0 Å². The second-order valence-corrected chi connectivity index (χ2v) is 6.22. The number of amides is 1. The summed E-state index contributed by atoms with van der Waals surface area (Å²) in [6.45, 7) is 8.17. The number of carbonyl (C=O) groups excluding carboxylic acids is 1. The Bertz CT molecular complexity index is 467. The van der Waals surface area contributed by atoms with Crippen molar-refractivity contribution in [1.29, 1.82) is 0 Å². The van der Waals surface area contributed by atoms with Crippen LogP contribution in [0.3, 0.4) is 0 Å². The van der Waals surface area contributed by atoms with E-state index in [0.29, 0.717) is 17.5 Å². The van der Waals surface area contributed by atoms with Crippen LogP contribution in [0.5, 0.6) is 0 Å². The summed E-state index contributed by atoms with van der Waals surface area (Å²) in [6.07, 6.45) is 1.71. The van der Waals surface area contributed by atoms with Gasteiger partial charge in [-0.2, -0.15) is 0 Å². The molecular weight excluding hydrogens is 242 g/mol. The summed E-state index contributed by atoms with van der Waals surface area (Å²) in [5.74, 6) is 1.46. The van der Waals surface area contributed by atoms with Gasteiger partial charge in [0.1, 0.15) is 5.76 Å². The summed E-state index contributed by atoms with van der Waals surface area (Å²) < 4.78 is 4.96. The Morgan fingerprint density at radius 1 is 1.53 bits per heavy atom. The smallest absolute Gasteiger partial charge is 0.229 e. The monoisotopic (exact) mass is 265 g/mol. The minimum Gasteiger partial charge on any atom is -0.360 e. The number of aromatic nitrogens is 1. The van der Waals surface area contributed by atoms with Crippen LogP contribution < -0.4 is 11.1 Å². The summed E-state index contributed by atoms with van der Waals surface area (Å²) in [6, 6.07) is 1.90. The maximum absolute atomic E-state index is 12.4. The lowest BCUT2D eigenvalue weighted by atomic mass is 9.61. The fourth-order valence-electron chi connectivity index (χ4n) is 2.96. The van der Waals surface area contributed by atoms with Crippen molar-refractivity contribution in [1.82, 2.24) is 5.16 Å². The van der Waals surface area contributed by atoms with E-state index in [1.54, 1.807) is 13.0 Å². The second kappa shape index (κ2) is 4.96. The van der Waals surface area contributed by atoms with Crippen molar-refractivity contribution in [3.63, 3.8) is 0 Å². The Kier molecular flexibility index (Phi) is 3.67. The Morgan fingerprint density at radius 3 is 2.79 bits per heavy atom. The van der Waals surface area contributed by atoms with Crippen molar-refractivity contribution in [2.75, 3.05) is 5.32 Å². The first-order chi connectivity index (χ1) is 8.82. The molecule has 0 aliphatic heterocycles. The lowest BCUT2D eigenvalue weighted by Gasteiger charge is -2.45. The zero-order chi connectivity index (χ0) is 14.2. The molecule has 0 bridgehead atoms. The van der Waals surface area contributed by atoms with Crippen molar-refractivity contribution in [3.8, 4) is 0 Å². The van der Waals surface area contributed by atoms with Crippen LogP contribution in [0.4, 0.5) is 5.82 Å².